The molecule has 142 valence electrons. The minimum Gasteiger partial charge on any atom is -0.267 e. The Balaban J connectivity index is 1.70. The number of carbonyl (C=O) groups excluding carboxylic acids is 2. The number of hydrazone groups is 1. The van der Waals surface area contributed by atoms with E-state index in [9.17, 15) is 9.59 Å². The fourth-order valence-corrected chi connectivity index (χ4v) is 3.10. The van der Waals surface area contributed by atoms with Gasteiger partial charge in [0.05, 0.1) is 6.21 Å². The zero-order chi connectivity index (χ0) is 20.1. The van der Waals surface area contributed by atoms with Gasteiger partial charge >= 0.3 is 0 Å². The minimum atomic E-state index is -0.302. The van der Waals surface area contributed by atoms with E-state index in [2.05, 4.69) is 31.9 Å². The zero-order valence-electron chi connectivity index (χ0n) is 15.4. The van der Waals surface area contributed by atoms with E-state index in [1.165, 1.54) is 0 Å². The highest BCUT2D eigenvalue weighted by molar-refractivity contribution is 9.10. The van der Waals surface area contributed by atoms with Crippen LogP contribution >= 0.6 is 15.9 Å². The average molecular weight is 439 g/mol. The lowest BCUT2D eigenvalue weighted by Crippen LogP contribution is -2.24. The molecule has 0 saturated heterocycles. The van der Waals surface area contributed by atoms with E-state index in [1.807, 2.05) is 44.2 Å². The molecule has 1 heterocycles. The number of carbonyl (C=O) groups is 2. The second-order valence-electron chi connectivity index (χ2n) is 6.18. The van der Waals surface area contributed by atoms with Gasteiger partial charge in [0.25, 0.3) is 11.8 Å². The molecule has 0 aliphatic carbocycles. The number of hydrogen-bond donors (Lipinski definition) is 2. The molecule has 0 aliphatic rings. The molecule has 2 N–H and O–H groups in total. The lowest BCUT2D eigenvalue weighted by atomic mass is 10.2. The first-order valence-corrected chi connectivity index (χ1v) is 9.39. The molecule has 0 atom stereocenters. The van der Waals surface area contributed by atoms with Gasteiger partial charge in [-0.25, -0.2) is 5.43 Å². The van der Waals surface area contributed by atoms with Crippen LogP contribution in [0.15, 0.2) is 70.2 Å². The third kappa shape index (κ3) is 4.55. The predicted molar refractivity (Wildman–Crippen MR) is 113 cm³/mol. The number of benzene rings is 2. The highest BCUT2D eigenvalue weighted by atomic mass is 79.9. The lowest BCUT2D eigenvalue weighted by molar-refractivity contribution is 0.0954. The first kappa shape index (κ1) is 19.6. The van der Waals surface area contributed by atoms with Crippen molar-refractivity contribution in [1.82, 2.24) is 10.1 Å². The standard InChI is InChI=1S/C21H19BrN4O2/c1-14-11-18(13-23-24-20(27)17-9-6-10-19(22)12-17)15(2)26(14)25-21(28)16-7-4-3-5-8-16/h3-13H,1-2H3,(H,24,27)(H,25,28)/b23-13-. The number of amides is 2. The molecule has 0 bridgehead atoms. The second kappa shape index (κ2) is 8.67. The van der Waals surface area contributed by atoms with Crippen LogP contribution < -0.4 is 10.9 Å². The Morgan fingerprint density at radius 3 is 2.39 bits per heavy atom. The molecular formula is C21H19BrN4O2. The molecule has 3 aromatic rings. The van der Waals surface area contributed by atoms with Crippen molar-refractivity contribution in [3.63, 3.8) is 0 Å². The molecule has 0 radical (unpaired) electrons. The van der Waals surface area contributed by atoms with Crippen molar-refractivity contribution < 1.29 is 9.59 Å². The molecule has 1 aromatic heterocycles. The fraction of sp³-hybridized carbons (Fsp3) is 0.0952. The third-order valence-corrected chi connectivity index (χ3v) is 4.67. The Bertz CT molecular complexity index is 1040. The minimum absolute atomic E-state index is 0.200. The molecule has 7 heteroatoms. The van der Waals surface area contributed by atoms with Gasteiger partial charge in [-0.2, -0.15) is 5.10 Å². The van der Waals surface area contributed by atoms with E-state index in [-0.39, 0.29) is 11.8 Å². The summed E-state index contributed by atoms with van der Waals surface area (Å²) in [7, 11) is 0. The average Bonchev–Trinajstić information content (AvgIpc) is 2.96. The molecule has 6 nitrogen and oxygen atoms in total. The molecule has 0 aliphatic heterocycles. The maximum absolute atomic E-state index is 12.4. The number of aryl methyl sites for hydroxylation is 1. The first-order chi connectivity index (χ1) is 13.5. The monoisotopic (exact) mass is 438 g/mol. The Morgan fingerprint density at radius 2 is 1.68 bits per heavy atom. The van der Waals surface area contributed by atoms with Crippen LogP contribution in [0.5, 0.6) is 0 Å². The van der Waals surface area contributed by atoms with Crippen LogP contribution in [-0.4, -0.2) is 22.7 Å². The van der Waals surface area contributed by atoms with Crippen molar-refractivity contribution >= 4 is 34.0 Å². The van der Waals surface area contributed by atoms with Gasteiger partial charge < -0.3 is 0 Å². The van der Waals surface area contributed by atoms with Crippen molar-refractivity contribution in [2.75, 3.05) is 5.43 Å². The summed E-state index contributed by atoms with van der Waals surface area (Å²) in [6.07, 6.45) is 1.56. The number of rotatable bonds is 5. The quantitative estimate of drug-likeness (QED) is 0.466. The van der Waals surface area contributed by atoms with Crippen molar-refractivity contribution in [2.24, 2.45) is 5.10 Å². The Kier molecular flexibility index (Phi) is 6.06. The van der Waals surface area contributed by atoms with Crippen LogP contribution in [0, 0.1) is 13.8 Å². The van der Waals surface area contributed by atoms with E-state index >= 15 is 0 Å². The summed E-state index contributed by atoms with van der Waals surface area (Å²) >= 11 is 3.34. The highest BCUT2D eigenvalue weighted by Gasteiger charge is 2.12. The van der Waals surface area contributed by atoms with Crippen LogP contribution in [0.4, 0.5) is 0 Å². The van der Waals surface area contributed by atoms with Crippen LogP contribution in [0.3, 0.4) is 0 Å². The summed E-state index contributed by atoms with van der Waals surface area (Å²) < 4.78 is 2.52. The van der Waals surface area contributed by atoms with Crippen molar-refractivity contribution in [1.29, 1.82) is 0 Å². The number of hydrogen-bond acceptors (Lipinski definition) is 3. The van der Waals surface area contributed by atoms with E-state index in [1.54, 1.807) is 41.2 Å². The summed E-state index contributed by atoms with van der Waals surface area (Å²) in [6, 6.07) is 17.9. The van der Waals surface area contributed by atoms with E-state index in [0.717, 1.165) is 21.4 Å². The summed E-state index contributed by atoms with van der Waals surface area (Å²) in [5.74, 6) is -0.502. The van der Waals surface area contributed by atoms with Crippen LogP contribution in [0.1, 0.15) is 37.7 Å². The van der Waals surface area contributed by atoms with Gasteiger partial charge in [-0.15, -0.1) is 0 Å². The fourth-order valence-electron chi connectivity index (χ4n) is 2.70. The van der Waals surface area contributed by atoms with Crippen LogP contribution in [0.2, 0.25) is 0 Å². The van der Waals surface area contributed by atoms with Gasteiger partial charge in [-0.3, -0.25) is 19.7 Å². The largest absolute Gasteiger partial charge is 0.271 e. The maximum Gasteiger partial charge on any atom is 0.271 e. The van der Waals surface area contributed by atoms with Gasteiger partial charge in [0.2, 0.25) is 0 Å². The number of nitrogens with zero attached hydrogens (tertiary/aromatic N) is 2. The van der Waals surface area contributed by atoms with Crippen LogP contribution in [-0.2, 0) is 0 Å². The Labute approximate surface area is 171 Å². The third-order valence-electron chi connectivity index (χ3n) is 4.18. The maximum atomic E-state index is 12.4. The van der Waals surface area contributed by atoms with E-state index in [0.29, 0.717) is 11.1 Å². The molecule has 28 heavy (non-hydrogen) atoms. The molecule has 0 spiro atoms. The van der Waals surface area contributed by atoms with Gasteiger partial charge in [0, 0.05) is 32.6 Å². The summed E-state index contributed by atoms with van der Waals surface area (Å²) in [5, 5.41) is 4.03. The predicted octanol–water partition coefficient (Wildman–Crippen LogP) is 4.02. The summed E-state index contributed by atoms with van der Waals surface area (Å²) in [6.45, 7) is 3.76. The molecule has 0 unspecified atom stereocenters. The topological polar surface area (TPSA) is 75.5 Å². The van der Waals surface area contributed by atoms with Gasteiger partial charge in [-0.1, -0.05) is 40.2 Å². The molecular weight excluding hydrogens is 420 g/mol. The first-order valence-electron chi connectivity index (χ1n) is 8.60. The summed E-state index contributed by atoms with van der Waals surface area (Å²) in [4.78, 5) is 24.5. The zero-order valence-corrected chi connectivity index (χ0v) is 17.0. The van der Waals surface area contributed by atoms with Crippen LogP contribution in [0.25, 0.3) is 0 Å². The molecule has 0 fully saturated rings. The lowest BCUT2D eigenvalue weighted by Gasteiger charge is -2.11. The van der Waals surface area contributed by atoms with Crippen molar-refractivity contribution in [2.45, 2.75) is 13.8 Å². The highest BCUT2D eigenvalue weighted by Crippen LogP contribution is 2.13. The number of halogens is 1. The molecule has 2 aromatic carbocycles. The Hall–Kier alpha value is -3.19. The molecule has 2 amide bonds. The van der Waals surface area contributed by atoms with Gasteiger partial charge in [0.1, 0.15) is 0 Å². The van der Waals surface area contributed by atoms with Crippen molar-refractivity contribution in [3.05, 3.63) is 93.2 Å². The van der Waals surface area contributed by atoms with E-state index in [4.69, 9.17) is 0 Å². The van der Waals surface area contributed by atoms with Gasteiger partial charge in [-0.05, 0) is 50.2 Å². The van der Waals surface area contributed by atoms with Crippen molar-refractivity contribution in [3.8, 4) is 0 Å². The smallest absolute Gasteiger partial charge is 0.267 e. The second-order valence-corrected chi connectivity index (χ2v) is 7.09. The van der Waals surface area contributed by atoms with E-state index < -0.39 is 0 Å². The van der Waals surface area contributed by atoms with Gasteiger partial charge in [0.15, 0.2) is 0 Å². The Morgan fingerprint density at radius 1 is 0.964 bits per heavy atom. The SMILES string of the molecule is Cc1cc(/C=N\NC(=O)c2cccc(Br)c2)c(C)n1NC(=O)c1ccccc1. The molecule has 3 rings (SSSR count). The number of nitrogens with one attached hydrogen (secondary N) is 2. The normalized spacial score (nSPS) is 10.8. The molecule has 0 saturated carbocycles. The summed E-state index contributed by atoms with van der Waals surface area (Å²) in [5.41, 5.74) is 8.91. The number of aromatic nitrogens is 1.